The summed E-state index contributed by atoms with van der Waals surface area (Å²) in [5, 5.41) is 4.25. The van der Waals surface area contributed by atoms with Crippen LogP contribution in [0.4, 0.5) is 15.8 Å². The number of carbonyl (C=O) groups is 2. The normalized spacial score (nSPS) is 14.4. The van der Waals surface area contributed by atoms with E-state index in [2.05, 4.69) is 10.6 Å². The molecule has 2 amide bonds. The Morgan fingerprint density at radius 3 is 2.66 bits per heavy atom. The molecule has 0 aliphatic carbocycles. The zero-order valence-corrected chi connectivity index (χ0v) is 17.0. The fourth-order valence-electron chi connectivity index (χ4n) is 3.08. The van der Waals surface area contributed by atoms with E-state index >= 15 is 0 Å². The van der Waals surface area contributed by atoms with E-state index in [1.807, 2.05) is 0 Å². The minimum atomic E-state index is -3.83. The lowest BCUT2D eigenvalue weighted by Gasteiger charge is -2.21. The number of amides is 2. The van der Waals surface area contributed by atoms with Crippen molar-refractivity contribution in [1.29, 1.82) is 0 Å². The first-order valence-corrected chi connectivity index (χ1v) is 10.5. The van der Waals surface area contributed by atoms with E-state index in [4.69, 9.17) is 4.74 Å². The summed E-state index contributed by atoms with van der Waals surface area (Å²) in [7, 11) is -3.83. The summed E-state index contributed by atoms with van der Waals surface area (Å²) in [5.74, 6) is -0.950. The standard InChI is InChI=1S/C20H21FN2O5S/c1-11-6-14(21)4-5-15(11)22-19(24)8-13(3)29(26,27)18-9-17-16(7-12(18)2)23-20(25)10-28-17/h4-7,9,13H,8,10H2,1-3H3,(H,22,24)(H,23,25)/t13-/m0/s1. The van der Waals surface area contributed by atoms with E-state index in [9.17, 15) is 22.4 Å². The molecule has 29 heavy (non-hydrogen) atoms. The predicted molar refractivity (Wildman–Crippen MR) is 106 cm³/mol. The van der Waals surface area contributed by atoms with Crippen LogP contribution in [0.15, 0.2) is 35.2 Å². The average Bonchev–Trinajstić information content (AvgIpc) is 2.63. The van der Waals surface area contributed by atoms with Gasteiger partial charge in [0.05, 0.1) is 15.8 Å². The highest BCUT2D eigenvalue weighted by Crippen LogP contribution is 2.34. The summed E-state index contributed by atoms with van der Waals surface area (Å²) >= 11 is 0. The summed E-state index contributed by atoms with van der Waals surface area (Å²) in [6, 6.07) is 6.84. The molecule has 9 heteroatoms. The fourth-order valence-corrected chi connectivity index (χ4v) is 4.66. The van der Waals surface area contributed by atoms with Crippen molar-refractivity contribution >= 4 is 33.0 Å². The number of nitrogens with one attached hydrogen (secondary N) is 2. The summed E-state index contributed by atoms with van der Waals surface area (Å²) in [6.45, 7) is 4.52. The molecule has 7 nitrogen and oxygen atoms in total. The van der Waals surface area contributed by atoms with Crippen LogP contribution in [0.3, 0.4) is 0 Å². The highest BCUT2D eigenvalue weighted by molar-refractivity contribution is 7.92. The molecule has 0 radical (unpaired) electrons. The second-order valence-corrected chi connectivity index (χ2v) is 9.35. The van der Waals surface area contributed by atoms with Crippen molar-refractivity contribution in [2.24, 2.45) is 0 Å². The van der Waals surface area contributed by atoms with E-state index < -0.39 is 26.8 Å². The lowest BCUT2D eigenvalue weighted by Crippen LogP contribution is -2.27. The number of carbonyl (C=O) groups excluding carboxylic acids is 2. The molecule has 0 saturated carbocycles. The van der Waals surface area contributed by atoms with Gasteiger partial charge in [0, 0.05) is 18.2 Å². The Hall–Kier alpha value is -2.94. The van der Waals surface area contributed by atoms with Crippen LogP contribution in [0, 0.1) is 19.7 Å². The van der Waals surface area contributed by atoms with Crippen LogP contribution in [0.5, 0.6) is 5.75 Å². The van der Waals surface area contributed by atoms with Gasteiger partial charge < -0.3 is 15.4 Å². The number of anilines is 2. The zero-order valence-electron chi connectivity index (χ0n) is 16.2. The fraction of sp³-hybridized carbons (Fsp3) is 0.300. The van der Waals surface area contributed by atoms with Crippen molar-refractivity contribution in [2.45, 2.75) is 37.3 Å². The van der Waals surface area contributed by atoms with E-state index in [0.717, 1.165) is 0 Å². The minimum Gasteiger partial charge on any atom is -0.482 e. The molecule has 1 atom stereocenters. The van der Waals surface area contributed by atoms with Gasteiger partial charge in [0.1, 0.15) is 11.6 Å². The molecule has 0 unspecified atom stereocenters. The van der Waals surface area contributed by atoms with Gasteiger partial charge >= 0.3 is 0 Å². The first-order valence-electron chi connectivity index (χ1n) is 8.95. The molecule has 0 fully saturated rings. The molecule has 1 heterocycles. The van der Waals surface area contributed by atoms with Crippen LogP contribution in [-0.2, 0) is 19.4 Å². The molecular formula is C20H21FN2O5S. The molecule has 0 bridgehead atoms. The van der Waals surface area contributed by atoms with Crippen molar-refractivity contribution in [3.05, 3.63) is 47.3 Å². The Balaban J connectivity index is 1.78. The van der Waals surface area contributed by atoms with Gasteiger partial charge in [-0.1, -0.05) is 0 Å². The smallest absolute Gasteiger partial charge is 0.262 e. The van der Waals surface area contributed by atoms with E-state index in [0.29, 0.717) is 22.5 Å². The highest BCUT2D eigenvalue weighted by Gasteiger charge is 2.29. The number of halogens is 1. The summed E-state index contributed by atoms with van der Waals surface area (Å²) in [6.07, 6.45) is -0.271. The van der Waals surface area contributed by atoms with Crippen molar-refractivity contribution in [3.63, 3.8) is 0 Å². The van der Waals surface area contributed by atoms with Crippen LogP contribution < -0.4 is 15.4 Å². The maximum absolute atomic E-state index is 13.2. The maximum atomic E-state index is 13.2. The lowest BCUT2D eigenvalue weighted by molar-refractivity contribution is -0.118. The Morgan fingerprint density at radius 2 is 1.97 bits per heavy atom. The first-order chi connectivity index (χ1) is 13.6. The van der Waals surface area contributed by atoms with Crippen LogP contribution >= 0.6 is 0 Å². The summed E-state index contributed by atoms with van der Waals surface area (Å²) < 4.78 is 44.6. The third kappa shape index (κ3) is 4.40. The third-order valence-electron chi connectivity index (χ3n) is 4.68. The Morgan fingerprint density at radius 1 is 1.24 bits per heavy atom. The number of hydrogen-bond donors (Lipinski definition) is 2. The van der Waals surface area contributed by atoms with Gasteiger partial charge in [-0.2, -0.15) is 0 Å². The molecule has 2 aromatic carbocycles. The van der Waals surface area contributed by atoms with Crippen LogP contribution in [-0.4, -0.2) is 32.1 Å². The second kappa shape index (κ2) is 7.82. The van der Waals surface area contributed by atoms with Gasteiger partial charge in [0.25, 0.3) is 5.91 Å². The number of rotatable bonds is 5. The van der Waals surface area contributed by atoms with Gasteiger partial charge in [0.2, 0.25) is 5.91 Å². The quantitative estimate of drug-likeness (QED) is 0.774. The Bertz CT molecular complexity index is 1100. The largest absolute Gasteiger partial charge is 0.482 e. The molecule has 0 saturated heterocycles. The number of sulfone groups is 1. The summed E-state index contributed by atoms with van der Waals surface area (Å²) in [5.41, 5.74) is 1.82. The lowest BCUT2D eigenvalue weighted by atomic mass is 10.2. The zero-order chi connectivity index (χ0) is 21.3. The SMILES string of the molecule is Cc1cc(F)ccc1NC(=O)C[C@H](C)S(=O)(=O)c1cc2c(cc1C)NC(=O)CO2. The van der Waals surface area contributed by atoms with Gasteiger partial charge in [-0.05, 0) is 56.2 Å². The van der Waals surface area contributed by atoms with Crippen molar-refractivity contribution in [1.82, 2.24) is 0 Å². The van der Waals surface area contributed by atoms with Gasteiger partial charge in [-0.25, -0.2) is 12.8 Å². The molecule has 1 aliphatic rings. The molecule has 154 valence electrons. The number of benzene rings is 2. The molecule has 0 spiro atoms. The second-order valence-electron chi connectivity index (χ2n) is 7.02. The van der Waals surface area contributed by atoms with Gasteiger partial charge in [-0.15, -0.1) is 0 Å². The number of hydrogen-bond acceptors (Lipinski definition) is 5. The highest BCUT2D eigenvalue weighted by atomic mass is 32.2. The van der Waals surface area contributed by atoms with Crippen LogP contribution in [0.2, 0.25) is 0 Å². The van der Waals surface area contributed by atoms with Gasteiger partial charge in [-0.3, -0.25) is 9.59 Å². The number of aryl methyl sites for hydroxylation is 2. The molecular weight excluding hydrogens is 399 g/mol. The average molecular weight is 420 g/mol. The monoisotopic (exact) mass is 420 g/mol. The molecule has 2 N–H and O–H groups in total. The van der Waals surface area contributed by atoms with E-state index in [-0.39, 0.29) is 29.6 Å². The van der Waals surface area contributed by atoms with Gasteiger partial charge in [0.15, 0.2) is 16.4 Å². The molecule has 0 aromatic heterocycles. The minimum absolute atomic E-state index is 0.0469. The Labute approximate surface area is 168 Å². The van der Waals surface area contributed by atoms with Crippen molar-refractivity contribution in [3.8, 4) is 5.75 Å². The van der Waals surface area contributed by atoms with Crippen LogP contribution in [0.25, 0.3) is 0 Å². The van der Waals surface area contributed by atoms with E-state index in [1.165, 1.54) is 37.3 Å². The Kier molecular flexibility index (Phi) is 5.61. The maximum Gasteiger partial charge on any atom is 0.262 e. The number of ether oxygens (including phenoxy) is 1. The molecule has 2 aromatic rings. The van der Waals surface area contributed by atoms with Crippen molar-refractivity contribution in [2.75, 3.05) is 17.2 Å². The molecule has 1 aliphatic heterocycles. The van der Waals surface area contributed by atoms with Crippen molar-refractivity contribution < 1.29 is 27.1 Å². The number of fused-ring (bicyclic) bond motifs is 1. The predicted octanol–water partition coefficient (Wildman–Crippen LogP) is 2.96. The first kappa shape index (κ1) is 20.8. The van der Waals surface area contributed by atoms with Crippen LogP contribution in [0.1, 0.15) is 24.5 Å². The topological polar surface area (TPSA) is 102 Å². The summed E-state index contributed by atoms with van der Waals surface area (Å²) in [4.78, 5) is 23.8. The molecule has 3 rings (SSSR count). The third-order valence-corrected chi connectivity index (χ3v) is 6.96. The van der Waals surface area contributed by atoms with E-state index in [1.54, 1.807) is 13.8 Å².